The molecule has 0 aromatic heterocycles. The van der Waals surface area contributed by atoms with Gasteiger partial charge in [-0.2, -0.15) is 0 Å². The van der Waals surface area contributed by atoms with Gasteiger partial charge < -0.3 is 5.32 Å². The molecular weight excluding hydrogens is 310 g/mol. The zero-order chi connectivity index (χ0) is 10.6. The highest BCUT2D eigenvalue weighted by molar-refractivity contribution is 9.10. The number of benzene rings is 1. The third-order valence-corrected chi connectivity index (χ3v) is 2.80. The lowest BCUT2D eigenvalue weighted by molar-refractivity contribution is 0.0955. The molecule has 0 unspecified atom stereocenters. The predicted octanol–water partition coefficient (Wildman–Crippen LogP) is 2.88. The highest BCUT2D eigenvalue weighted by Gasteiger charge is 2.08. The number of amides is 1. The van der Waals surface area contributed by atoms with E-state index in [1.54, 1.807) is 0 Å². The van der Waals surface area contributed by atoms with Crippen molar-refractivity contribution >= 4 is 37.8 Å². The van der Waals surface area contributed by atoms with Gasteiger partial charge in [-0.1, -0.05) is 22.0 Å². The van der Waals surface area contributed by atoms with E-state index in [0.29, 0.717) is 12.1 Å². The van der Waals surface area contributed by atoms with E-state index in [9.17, 15) is 4.79 Å². The smallest absolute Gasteiger partial charge is 0.252 e. The van der Waals surface area contributed by atoms with Crippen LogP contribution in [0.3, 0.4) is 0 Å². The fourth-order valence-electron chi connectivity index (χ4n) is 1.06. The van der Waals surface area contributed by atoms with E-state index in [1.807, 2.05) is 25.1 Å². The molecule has 0 saturated heterocycles. The van der Waals surface area contributed by atoms with Gasteiger partial charge in [0.15, 0.2) is 0 Å². The van der Waals surface area contributed by atoms with Gasteiger partial charge in [0.1, 0.15) is 0 Å². The van der Waals surface area contributed by atoms with Gasteiger partial charge in [0.25, 0.3) is 5.91 Å². The van der Waals surface area contributed by atoms with Crippen molar-refractivity contribution < 1.29 is 4.79 Å². The van der Waals surface area contributed by atoms with Crippen LogP contribution in [0.25, 0.3) is 0 Å². The van der Waals surface area contributed by atoms with Crippen molar-refractivity contribution in [3.63, 3.8) is 0 Å². The predicted molar refractivity (Wildman–Crippen MR) is 65.0 cm³/mol. The number of rotatable bonds is 3. The Hall–Kier alpha value is -0.350. The third kappa shape index (κ3) is 3.10. The zero-order valence-corrected chi connectivity index (χ0v) is 11.0. The Kier molecular flexibility index (Phi) is 4.62. The first-order chi connectivity index (χ1) is 6.65. The van der Waals surface area contributed by atoms with Crippen LogP contribution in [0.15, 0.2) is 22.7 Å². The molecule has 1 amide bonds. The fourth-order valence-corrected chi connectivity index (χ4v) is 1.93. The SMILES string of the molecule is Cc1ccc(C(=O)NCCBr)c(Br)c1. The minimum atomic E-state index is -0.0451. The summed E-state index contributed by atoms with van der Waals surface area (Å²) in [5, 5.41) is 3.56. The maximum absolute atomic E-state index is 11.6. The van der Waals surface area contributed by atoms with Crippen molar-refractivity contribution in [3.8, 4) is 0 Å². The van der Waals surface area contributed by atoms with E-state index in [-0.39, 0.29) is 5.91 Å². The van der Waals surface area contributed by atoms with Gasteiger partial charge in [0, 0.05) is 16.3 Å². The van der Waals surface area contributed by atoms with Crippen LogP contribution < -0.4 is 5.32 Å². The Balaban J connectivity index is 2.80. The molecule has 1 N–H and O–H groups in total. The second-order valence-electron chi connectivity index (χ2n) is 2.93. The van der Waals surface area contributed by atoms with Crippen molar-refractivity contribution in [1.82, 2.24) is 5.32 Å². The summed E-state index contributed by atoms with van der Waals surface area (Å²) < 4.78 is 0.838. The van der Waals surface area contributed by atoms with E-state index in [2.05, 4.69) is 37.2 Å². The standard InChI is InChI=1S/C10H11Br2NO/c1-7-2-3-8(9(12)6-7)10(14)13-5-4-11/h2-3,6H,4-5H2,1H3,(H,13,14). The Morgan fingerprint density at radius 3 is 2.79 bits per heavy atom. The summed E-state index contributed by atoms with van der Waals surface area (Å²) in [6, 6.07) is 5.68. The van der Waals surface area contributed by atoms with E-state index >= 15 is 0 Å². The van der Waals surface area contributed by atoms with Gasteiger partial charge >= 0.3 is 0 Å². The van der Waals surface area contributed by atoms with Crippen molar-refractivity contribution in [2.75, 3.05) is 11.9 Å². The molecule has 0 spiro atoms. The monoisotopic (exact) mass is 319 g/mol. The minimum Gasteiger partial charge on any atom is -0.351 e. The van der Waals surface area contributed by atoms with E-state index in [0.717, 1.165) is 15.4 Å². The topological polar surface area (TPSA) is 29.1 Å². The summed E-state index contributed by atoms with van der Waals surface area (Å²) >= 11 is 6.62. The first kappa shape index (κ1) is 11.7. The maximum Gasteiger partial charge on any atom is 0.252 e. The molecular formula is C10H11Br2NO. The maximum atomic E-state index is 11.6. The molecule has 14 heavy (non-hydrogen) atoms. The lowest BCUT2D eigenvalue weighted by Gasteiger charge is -2.05. The van der Waals surface area contributed by atoms with Crippen molar-refractivity contribution in [3.05, 3.63) is 33.8 Å². The lowest BCUT2D eigenvalue weighted by atomic mass is 10.1. The molecule has 0 radical (unpaired) electrons. The van der Waals surface area contributed by atoms with Crippen LogP contribution in [0.1, 0.15) is 15.9 Å². The molecule has 0 fully saturated rings. The molecule has 0 aliphatic heterocycles. The first-order valence-corrected chi connectivity index (χ1v) is 6.17. The second kappa shape index (κ2) is 5.51. The molecule has 0 aliphatic rings. The number of alkyl halides is 1. The van der Waals surface area contributed by atoms with E-state index in [1.165, 1.54) is 0 Å². The molecule has 4 heteroatoms. The summed E-state index contributed by atoms with van der Waals surface area (Å²) in [6.45, 7) is 2.63. The van der Waals surface area contributed by atoms with Gasteiger partial charge in [-0.3, -0.25) is 4.79 Å². The molecule has 1 aromatic carbocycles. The summed E-state index contributed by atoms with van der Waals surface area (Å²) in [4.78, 5) is 11.6. The molecule has 0 heterocycles. The van der Waals surface area contributed by atoms with Gasteiger partial charge in [-0.05, 0) is 40.5 Å². The highest BCUT2D eigenvalue weighted by Crippen LogP contribution is 2.17. The Labute approximate surface area is 100 Å². The van der Waals surface area contributed by atoms with Crippen LogP contribution in [-0.4, -0.2) is 17.8 Å². The van der Waals surface area contributed by atoms with Crippen LogP contribution in [0.2, 0.25) is 0 Å². The molecule has 0 saturated carbocycles. The van der Waals surface area contributed by atoms with Crippen LogP contribution in [-0.2, 0) is 0 Å². The number of carbonyl (C=O) groups is 1. The lowest BCUT2D eigenvalue weighted by Crippen LogP contribution is -2.25. The number of hydrogen-bond donors (Lipinski definition) is 1. The third-order valence-electron chi connectivity index (χ3n) is 1.75. The summed E-state index contributed by atoms with van der Waals surface area (Å²) in [7, 11) is 0. The number of aryl methyl sites for hydroxylation is 1. The van der Waals surface area contributed by atoms with Gasteiger partial charge in [-0.25, -0.2) is 0 Å². The van der Waals surface area contributed by atoms with Crippen molar-refractivity contribution in [2.45, 2.75) is 6.92 Å². The van der Waals surface area contributed by atoms with Crippen LogP contribution in [0, 0.1) is 6.92 Å². The Morgan fingerprint density at radius 1 is 1.50 bits per heavy atom. The van der Waals surface area contributed by atoms with Gasteiger partial charge in [0.2, 0.25) is 0 Å². The van der Waals surface area contributed by atoms with Crippen molar-refractivity contribution in [2.24, 2.45) is 0 Å². The van der Waals surface area contributed by atoms with Gasteiger partial charge in [-0.15, -0.1) is 0 Å². The number of hydrogen-bond acceptors (Lipinski definition) is 1. The molecule has 76 valence electrons. The quantitative estimate of drug-likeness (QED) is 0.852. The summed E-state index contributed by atoms with van der Waals surface area (Å²) in [5.74, 6) is -0.0451. The van der Waals surface area contributed by atoms with E-state index in [4.69, 9.17) is 0 Å². The van der Waals surface area contributed by atoms with Crippen LogP contribution in [0.5, 0.6) is 0 Å². The van der Waals surface area contributed by atoms with Crippen LogP contribution >= 0.6 is 31.9 Å². The van der Waals surface area contributed by atoms with Crippen molar-refractivity contribution in [1.29, 1.82) is 0 Å². The molecule has 2 nitrogen and oxygen atoms in total. The second-order valence-corrected chi connectivity index (χ2v) is 4.58. The Morgan fingerprint density at radius 2 is 2.21 bits per heavy atom. The number of halogens is 2. The molecule has 1 rings (SSSR count). The minimum absolute atomic E-state index is 0.0451. The van der Waals surface area contributed by atoms with Gasteiger partial charge in [0.05, 0.1) is 5.56 Å². The highest BCUT2D eigenvalue weighted by atomic mass is 79.9. The fraction of sp³-hybridized carbons (Fsp3) is 0.300. The van der Waals surface area contributed by atoms with E-state index < -0.39 is 0 Å². The average Bonchev–Trinajstić information content (AvgIpc) is 2.14. The molecule has 0 bridgehead atoms. The summed E-state index contributed by atoms with van der Waals surface area (Å²) in [5.41, 5.74) is 1.81. The Bertz CT molecular complexity index is 339. The average molecular weight is 321 g/mol. The summed E-state index contributed by atoms with van der Waals surface area (Å²) in [6.07, 6.45) is 0. The number of carbonyl (C=O) groups excluding carboxylic acids is 1. The normalized spacial score (nSPS) is 9.93. The van der Waals surface area contributed by atoms with Crippen LogP contribution in [0.4, 0.5) is 0 Å². The largest absolute Gasteiger partial charge is 0.351 e. The first-order valence-electron chi connectivity index (χ1n) is 4.25. The zero-order valence-electron chi connectivity index (χ0n) is 7.81. The molecule has 0 aliphatic carbocycles. The molecule has 0 atom stereocenters. The molecule has 1 aromatic rings. The number of nitrogens with one attached hydrogen (secondary N) is 1.